The van der Waals surface area contributed by atoms with Gasteiger partial charge in [-0.1, -0.05) is 0 Å². The molecule has 0 aliphatic carbocycles. The molecule has 0 saturated carbocycles. The van der Waals surface area contributed by atoms with Gasteiger partial charge in [-0.15, -0.1) is 0 Å². The van der Waals surface area contributed by atoms with Crippen LogP contribution in [0.4, 0.5) is 0 Å². The van der Waals surface area contributed by atoms with E-state index in [2.05, 4.69) is 0 Å². The Hall–Kier alpha value is 2.76. The van der Waals surface area contributed by atoms with E-state index in [4.69, 9.17) is 31.6 Å². The third-order valence-corrected chi connectivity index (χ3v) is 0. The Morgan fingerprint density at radius 1 is 1.09 bits per heavy atom. The van der Waals surface area contributed by atoms with Crippen molar-refractivity contribution in [3.8, 4) is 0 Å². The molecule has 0 amide bonds. The average Bonchev–Trinajstić information content (AvgIpc) is 1.19. The molecular weight excluding hydrogens is 250 g/mol. The summed E-state index contributed by atoms with van der Waals surface area (Å²) in [6.45, 7) is 0. The molecule has 0 saturated heterocycles. The van der Waals surface area contributed by atoms with Crippen LogP contribution >= 0.6 is 0 Å². The van der Waals surface area contributed by atoms with Gasteiger partial charge >= 0.3 is 112 Å². The van der Waals surface area contributed by atoms with Crippen molar-refractivity contribution in [1.29, 1.82) is 0 Å². The summed E-state index contributed by atoms with van der Waals surface area (Å²) in [4.78, 5) is 14.3. The normalized spacial score (nSPS) is 7.45. The van der Waals surface area contributed by atoms with E-state index in [0.29, 0.717) is 0 Å². The van der Waals surface area contributed by atoms with Crippen LogP contribution in [0.25, 0.3) is 0 Å². The zero-order chi connectivity index (χ0) is 8.08. The van der Waals surface area contributed by atoms with E-state index in [1.165, 1.54) is 0 Å². The molecule has 0 fully saturated rings. The zero-order valence-corrected chi connectivity index (χ0v) is 13.9. The monoisotopic (exact) mass is 252 g/mol. The maximum atomic E-state index is 8.74. The fourth-order valence-electron chi connectivity index (χ4n) is 0. The number of hydrogen-bond acceptors (Lipinski definition) is 5. The molecule has 0 heterocycles. The van der Waals surface area contributed by atoms with E-state index < -0.39 is 19.6 Å². The molecule has 0 atom stereocenters. The van der Waals surface area contributed by atoms with Gasteiger partial charge in [0.25, 0.3) is 0 Å². The minimum absolute atomic E-state index is 0. The second-order valence-corrected chi connectivity index (χ2v) is 2.07. The number of rotatable bonds is 0. The first-order valence-corrected chi connectivity index (χ1v) is 3.95. The summed E-state index contributed by atoms with van der Waals surface area (Å²) in [5.74, 6) is 0. The van der Waals surface area contributed by atoms with Crippen molar-refractivity contribution in [3.05, 3.63) is 0 Å². The van der Waals surface area contributed by atoms with Crippen LogP contribution in [0.1, 0.15) is 0 Å². The van der Waals surface area contributed by atoms with Crippen LogP contribution in [0.15, 0.2) is 0 Å². The molecule has 7 nitrogen and oxygen atoms in total. The van der Waals surface area contributed by atoms with Crippen LogP contribution < -0.4 is 103 Å². The Morgan fingerprint density at radius 2 is 1.09 bits per heavy atom. The molecule has 0 rings (SSSR count). The van der Waals surface area contributed by atoms with Gasteiger partial charge in [-0.05, 0) is 0 Å². The first-order valence-electron chi connectivity index (χ1n) is 1.32. The molecule has 0 bridgehead atoms. The van der Waals surface area contributed by atoms with Crippen molar-refractivity contribution < 1.29 is 134 Å². The molecular formula is H2K2O7SSi. The third-order valence-electron chi connectivity index (χ3n) is 0. The summed E-state index contributed by atoms with van der Waals surface area (Å²) in [7, 11) is -8.30. The van der Waals surface area contributed by atoms with E-state index in [9.17, 15) is 0 Å². The molecule has 0 aliphatic heterocycles. The predicted molar refractivity (Wildman–Crippen MR) is 21.4 cm³/mol. The second-order valence-electron chi connectivity index (χ2n) is 0.691. The molecule has 11 heteroatoms. The smallest absolute Gasteiger partial charge is 0.759 e. The molecule has 0 aromatic carbocycles. The second kappa shape index (κ2) is 12.8. The molecule has 0 spiro atoms. The average molecular weight is 252 g/mol. The van der Waals surface area contributed by atoms with Gasteiger partial charge < -0.3 is 18.7 Å². The maximum absolute atomic E-state index is 8.74. The molecule has 0 aromatic heterocycles. The molecule has 0 unspecified atom stereocenters. The van der Waals surface area contributed by atoms with Gasteiger partial charge in [0, 0.05) is 10.4 Å². The van der Waals surface area contributed by atoms with E-state index in [1.807, 2.05) is 0 Å². The van der Waals surface area contributed by atoms with E-state index in [1.54, 1.807) is 0 Å². The van der Waals surface area contributed by atoms with Crippen LogP contribution in [0.3, 0.4) is 0 Å². The number of hydrogen-bond donors (Lipinski definition) is 2. The van der Waals surface area contributed by atoms with Gasteiger partial charge in [-0.2, -0.15) is 0 Å². The summed E-state index contributed by atoms with van der Waals surface area (Å²) in [5, 5.41) is 0. The van der Waals surface area contributed by atoms with Crippen molar-refractivity contribution in [2.45, 2.75) is 0 Å². The van der Waals surface area contributed by atoms with E-state index in [0.717, 1.165) is 0 Å². The summed E-state index contributed by atoms with van der Waals surface area (Å²) in [6, 6.07) is 0. The standard InChI is InChI=1S/2K.H2O4S.H2O3Si/c;;1-5(2,3)4;1-4(2)3/h;;(H2,1,2,3,4);1-2H/q2*+1;;/p-2. The summed E-state index contributed by atoms with van der Waals surface area (Å²) < 4.78 is 42.8. The largest absolute Gasteiger partial charge is 1.00 e. The van der Waals surface area contributed by atoms with Crippen LogP contribution in [0.5, 0.6) is 0 Å². The summed E-state index contributed by atoms with van der Waals surface area (Å²) in [6.07, 6.45) is 0. The third kappa shape index (κ3) is 194. The Kier molecular flexibility index (Phi) is 27.3. The van der Waals surface area contributed by atoms with Gasteiger partial charge in [-0.25, -0.2) is 0 Å². The van der Waals surface area contributed by atoms with Crippen LogP contribution in [0.2, 0.25) is 0 Å². The van der Waals surface area contributed by atoms with Crippen molar-refractivity contribution in [1.82, 2.24) is 0 Å². The van der Waals surface area contributed by atoms with Crippen LogP contribution in [0, 0.1) is 0 Å². The Bertz CT molecular complexity index is 159. The Balaban J connectivity index is -0.0000000383. The topological polar surface area (TPSA) is 138 Å². The van der Waals surface area contributed by atoms with Crippen molar-refractivity contribution in [2.24, 2.45) is 0 Å². The van der Waals surface area contributed by atoms with Gasteiger partial charge in [0.1, 0.15) is 0 Å². The van der Waals surface area contributed by atoms with E-state index in [-0.39, 0.29) is 103 Å². The molecule has 0 aliphatic rings. The predicted octanol–water partition coefficient (Wildman–Crippen LogP) is -8.94. The van der Waals surface area contributed by atoms with Gasteiger partial charge in [-0.3, -0.25) is 12.9 Å². The van der Waals surface area contributed by atoms with Gasteiger partial charge in [0.05, 0.1) is 0 Å². The molecule has 0 aromatic rings. The quantitative estimate of drug-likeness (QED) is 0.248. The van der Waals surface area contributed by atoms with Crippen LogP contribution in [-0.4, -0.2) is 36.3 Å². The SMILES string of the molecule is O=S(=O)([O-])[O-].O=[Si](O)O.[K+].[K+]. The van der Waals surface area contributed by atoms with E-state index >= 15 is 0 Å². The van der Waals surface area contributed by atoms with Crippen molar-refractivity contribution in [2.75, 3.05) is 0 Å². The Morgan fingerprint density at radius 3 is 1.09 bits per heavy atom. The fraction of sp³-hybridized carbons (Fsp3) is 0. The Labute approximate surface area is 150 Å². The molecule has 11 heavy (non-hydrogen) atoms. The first kappa shape index (κ1) is 23.5. The minimum atomic E-state index is -5.17. The summed E-state index contributed by atoms with van der Waals surface area (Å²) in [5.41, 5.74) is 0. The summed E-state index contributed by atoms with van der Waals surface area (Å²) >= 11 is 0. The fourth-order valence-corrected chi connectivity index (χ4v) is 0. The van der Waals surface area contributed by atoms with Gasteiger partial charge in [0.15, 0.2) is 0 Å². The molecule has 2 N–H and O–H groups in total. The van der Waals surface area contributed by atoms with Crippen molar-refractivity contribution >= 4 is 19.6 Å². The van der Waals surface area contributed by atoms with Crippen molar-refractivity contribution in [3.63, 3.8) is 0 Å². The molecule has 56 valence electrons. The maximum Gasteiger partial charge on any atom is 1.00 e. The molecule has 0 radical (unpaired) electrons. The zero-order valence-electron chi connectivity index (χ0n) is 5.84. The minimum Gasteiger partial charge on any atom is -0.759 e. The van der Waals surface area contributed by atoms with Crippen LogP contribution in [-0.2, 0) is 14.9 Å². The first-order chi connectivity index (χ1) is 3.73. The van der Waals surface area contributed by atoms with Gasteiger partial charge in [0.2, 0.25) is 0 Å².